The Morgan fingerprint density at radius 1 is 0.438 bits per heavy atom. The van der Waals surface area contributed by atoms with Gasteiger partial charge < -0.3 is 8.83 Å². The van der Waals surface area contributed by atoms with Crippen LogP contribution < -0.4 is 0 Å². The van der Waals surface area contributed by atoms with E-state index in [1.165, 1.54) is 91.1 Å². The Balaban J connectivity index is 1.02. The second-order valence-electron chi connectivity index (χ2n) is 18.8. The zero-order valence-electron chi connectivity index (χ0n) is 35.9. The minimum atomic E-state index is -0.301. The van der Waals surface area contributed by atoms with Gasteiger partial charge in [0.25, 0.3) is 0 Å². The first-order valence-electron chi connectivity index (χ1n) is 22.0. The Hall–Kier alpha value is -6.98. The largest absolute Gasteiger partial charge is 0.455 e. The molecule has 0 saturated heterocycles. The average molecular weight is 857 g/mol. The van der Waals surface area contributed by atoms with Gasteiger partial charge in [0.05, 0.1) is 0 Å². The van der Waals surface area contributed by atoms with Crippen LogP contribution in [0.15, 0.2) is 155 Å². The van der Waals surface area contributed by atoms with Crippen LogP contribution in [-0.2, 0) is 10.8 Å². The fourth-order valence-electron chi connectivity index (χ4n) is 11.7. The molecule has 14 rings (SSSR count). The van der Waals surface area contributed by atoms with Crippen LogP contribution in [-0.4, -0.2) is 0 Å². The monoisotopic (exact) mass is 856 g/mol. The normalized spacial score (nSPS) is 14.6. The Labute approximate surface area is 378 Å². The lowest BCUT2D eigenvalue weighted by molar-refractivity contribution is 0.650. The molecule has 304 valence electrons. The molecule has 0 aliphatic heterocycles. The smallest absolute Gasteiger partial charge is 0.143 e. The second-order valence-corrected chi connectivity index (χ2v) is 21.0. The van der Waals surface area contributed by atoms with Gasteiger partial charge in [0, 0.05) is 78.6 Å². The molecule has 0 amide bonds. The topological polar surface area (TPSA) is 26.3 Å². The Morgan fingerprint density at radius 2 is 0.906 bits per heavy atom. The van der Waals surface area contributed by atoms with Gasteiger partial charge in [0.15, 0.2) is 0 Å². The SMILES string of the molecule is C=Cc1sc2cc(-c3cc4c(c5c3oc3ccccc35)-c3cc5c(cc3C4(C)C)-c3c(cc(-c4ccc6c(c4)sc4ccccc46)c4oc6ccccc6c34)C5(C)C)ccc2c1C=C. The van der Waals surface area contributed by atoms with Crippen molar-refractivity contribution in [1.29, 1.82) is 0 Å². The van der Waals surface area contributed by atoms with Crippen molar-refractivity contribution in [1.82, 2.24) is 0 Å². The zero-order valence-corrected chi connectivity index (χ0v) is 37.5. The van der Waals surface area contributed by atoms with Crippen LogP contribution in [0.4, 0.5) is 0 Å². The fraction of sp³-hybridized carbons (Fsp3) is 0.100. The summed E-state index contributed by atoms with van der Waals surface area (Å²) in [4.78, 5) is 1.14. The van der Waals surface area contributed by atoms with Gasteiger partial charge in [0.2, 0.25) is 0 Å². The highest BCUT2D eigenvalue weighted by Gasteiger charge is 2.44. The molecule has 0 bridgehead atoms. The van der Waals surface area contributed by atoms with Crippen molar-refractivity contribution in [2.24, 2.45) is 0 Å². The number of fused-ring (bicyclic) bond motifs is 18. The highest BCUT2D eigenvalue weighted by Crippen LogP contribution is 2.61. The molecule has 4 heteroatoms. The van der Waals surface area contributed by atoms with E-state index in [1.807, 2.05) is 23.5 Å². The number of thiophene rings is 2. The van der Waals surface area contributed by atoms with Gasteiger partial charge in [-0.2, -0.15) is 0 Å². The minimum Gasteiger partial charge on any atom is -0.455 e. The summed E-state index contributed by atoms with van der Waals surface area (Å²) in [5, 5.41) is 8.51. The predicted molar refractivity (Wildman–Crippen MR) is 275 cm³/mol. The first-order valence-corrected chi connectivity index (χ1v) is 23.7. The molecule has 2 nitrogen and oxygen atoms in total. The highest BCUT2D eigenvalue weighted by molar-refractivity contribution is 7.25. The molecule has 0 unspecified atom stereocenters. The van der Waals surface area contributed by atoms with Crippen molar-refractivity contribution in [2.45, 2.75) is 38.5 Å². The summed E-state index contributed by atoms with van der Waals surface area (Å²) in [5.41, 5.74) is 19.4. The van der Waals surface area contributed by atoms with Crippen LogP contribution in [0.3, 0.4) is 0 Å². The van der Waals surface area contributed by atoms with E-state index in [0.717, 1.165) is 60.2 Å². The van der Waals surface area contributed by atoms with Gasteiger partial charge in [-0.05, 0) is 116 Å². The summed E-state index contributed by atoms with van der Waals surface area (Å²) < 4.78 is 17.7. The third-order valence-electron chi connectivity index (χ3n) is 14.8. The van der Waals surface area contributed by atoms with E-state index < -0.39 is 0 Å². The van der Waals surface area contributed by atoms with Crippen molar-refractivity contribution in [3.05, 3.63) is 179 Å². The van der Waals surface area contributed by atoms with Gasteiger partial charge in [-0.1, -0.05) is 132 Å². The number of furan rings is 2. The summed E-state index contributed by atoms with van der Waals surface area (Å²) >= 11 is 3.63. The maximum absolute atomic E-state index is 6.97. The van der Waals surface area contributed by atoms with E-state index in [-0.39, 0.29) is 10.8 Å². The summed E-state index contributed by atoms with van der Waals surface area (Å²) in [6.07, 6.45) is 3.89. The lowest BCUT2D eigenvalue weighted by Gasteiger charge is -2.24. The van der Waals surface area contributed by atoms with Crippen molar-refractivity contribution in [3.63, 3.8) is 0 Å². The zero-order chi connectivity index (χ0) is 43.0. The molecule has 0 spiro atoms. The molecule has 64 heavy (non-hydrogen) atoms. The van der Waals surface area contributed by atoms with E-state index in [4.69, 9.17) is 8.83 Å². The molecule has 0 atom stereocenters. The van der Waals surface area contributed by atoms with E-state index in [0.29, 0.717) is 0 Å². The van der Waals surface area contributed by atoms with Crippen molar-refractivity contribution in [2.75, 3.05) is 0 Å². The lowest BCUT2D eigenvalue weighted by Crippen LogP contribution is -2.17. The predicted octanol–water partition coefficient (Wildman–Crippen LogP) is 18.3. The minimum absolute atomic E-state index is 0.294. The van der Waals surface area contributed by atoms with Crippen molar-refractivity contribution < 1.29 is 8.83 Å². The first kappa shape index (κ1) is 36.5. The third kappa shape index (κ3) is 4.54. The van der Waals surface area contributed by atoms with Crippen LogP contribution in [0, 0.1) is 0 Å². The fourth-order valence-corrected chi connectivity index (χ4v) is 13.9. The summed E-state index contributed by atoms with van der Waals surface area (Å²) in [5.74, 6) is 0. The van der Waals surface area contributed by atoms with Crippen LogP contribution >= 0.6 is 22.7 Å². The second kappa shape index (κ2) is 12.4. The maximum Gasteiger partial charge on any atom is 0.143 e. The molecule has 12 aromatic rings. The van der Waals surface area contributed by atoms with Gasteiger partial charge >= 0.3 is 0 Å². The van der Waals surface area contributed by atoms with Crippen molar-refractivity contribution >= 4 is 109 Å². The number of benzene rings is 8. The molecule has 4 heterocycles. The molecule has 2 aliphatic carbocycles. The third-order valence-corrected chi connectivity index (χ3v) is 17.1. The Kier molecular flexibility index (Phi) is 7.06. The molecule has 2 aliphatic rings. The number of rotatable bonds is 4. The van der Waals surface area contributed by atoms with Crippen LogP contribution in [0.5, 0.6) is 0 Å². The molecule has 0 radical (unpaired) electrons. The van der Waals surface area contributed by atoms with Gasteiger partial charge in [-0.15, -0.1) is 22.7 Å². The summed E-state index contributed by atoms with van der Waals surface area (Å²) in [6, 6.07) is 49.7. The average Bonchev–Trinajstić information content (AvgIpc) is 4.14. The van der Waals surface area contributed by atoms with E-state index in [1.54, 1.807) is 11.3 Å². The lowest BCUT2D eigenvalue weighted by atomic mass is 9.79. The molecule has 4 aromatic heterocycles. The van der Waals surface area contributed by atoms with Gasteiger partial charge in [-0.3, -0.25) is 0 Å². The molecular weight excluding hydrogens is 817 g/mol. The molecule has 0 N–H and O–H groups in total. The Bertz CT molecular complexity index is 4120. The maximum atomic E-state index is 6.97. The van der Waals surface area contributed by atoms with Gasteiger partial charge in [0.1, 0.15) is 22.3 Å². The molecule has 0 fully saturated rings. The molecular formula is C60H40O2S2. The number of hydrogen-bond acceptors (Lipinski definition) is 4. The molecule has 0 saturated carbocycles. The van der Waals surface area contributed by atoms with Crippen LogP contribution in [0.25, 0.3) is 131 Å². The van der Waals surface area contributed by atoms with Crippen molar-refractivity contribution in [3.8, 4) is 44.5 Å². The number of hydrogen-bond donors (Lipinski definition) is 0. The van der Waals surface area contributed by atoms with Crippen LogP contribution in [0.1, 0.15) is 60.4 Å². The van der Waals surface area contributed by atoms with E-state index in [2.05, 4.69) is 174 Å². The van der Waals surface area contributed by atoms with E-state index >= 15 is 0 Å². The summed E-state index contributed by atoms with van der Waals surface area (Å²) in [7, 11) is 0. The number of para-hydroxylation sites is 2. The standard InChI is InChI=1S/C60H40O2S2/c1-7-33-35-23-21-31(25-51(35)63-49(33)8-2)39-27-45-53(55-37-16-9-12-18-47(37)61-57(39)55)41-29-44-42(30-43(41)59(45,3)4)54-46(60(44,5)6)28-40(58-56(54)38-17-10-13-19-48(38)62-58)32-22-24-36-34-15-11-14-20-50(34)64-52(36)26-32/h7-30H,1-2H2,3-6H3. The summed E-state index contributed by atoms with van der Waals surface area (Å²) in [6.45, 7) is 17.9. The first-order chi connectivity index (χ1) is 31.1. The van der Waals surface area contributed by atoms with Gasteiger partial charge in [-0.25, -0.2) is 0 Å². The van der Waals surface area contributed by atoms with Crippen LogP contribution in [0.2, 0.25) is 0 Å². The molecule has 8 aromatic carbocycles. The Morgan fingerprint density at radius 3 is 1.45 bits per heavy atom. The highest BCUT2D eigenvalue weighted by atomic mass is 32.1. The van der Waals surface area contributed by atoms with E-state index in [9.17, 15) is 0 Å². The quantitative estimate of drug-likeness (QED) is 0.176.